The second-order valence-electron chi connectivity index (χ2n) is 5.26. The van der Waals surface area contributed by atoms with Crippen LogP contribution in [0.5, 0.6) is 0 Å². The summed E-state index contributed by atoms with van der Waals surface area (Å²) < 4.78 is 0.197. The number of benzene rings is 1. The van der Waals surface area contributed by atoms with E-state index in [1.807, 2.05) is 36.9 Å². The van der Waals surface area contributed by atoms with Gasteiger partial charge in [-0.2, -0.15) is 11.8 Å². The number of thioether (sulfide) groups is 1. The molecule has 1 heterocycles. The Morgan fingerprint density at radius 2 is 2.32 bits per heavy atom. The van der Waals surface area contributed by atoms with Gasteiger partial charge in [0.05, 0.1) is 0 Å². The first-order chi connectivity index (χ1) is 9.04. The minimum atomic E-state index is -0.00482. The van der Waals surface area contributed by atoms with Crippen molar-refractivity contribution in [3.63, 3.8) is 0 Å². The summed E-state index contributed by atoms with van der Waals surface area (Å²) in [6, 6.07) is 5.50. The number of hydrazine groups is 1. The maximum Gasteiger partial charge on any atom is 0.251 e. The lowest BCUT2D eigenvalue weighted by atomic mass is 10.0. The van der Waals surface area contributed by atoms with E-state index < -0.39 is 0 Å². The third-order valence-electron chi connectivity index (χ3n) is 3.56. The van der Waals surface area contributed by atoms with Gasteiger partial charge in [-0.05, 0) is 56.2 Å². The Hall–Kier alpha value is -1.20. The standard InChI is InChI=1S/C14H21N3OS/c1-10-8-11(17-15)4-5-12(10)13(18)16-9-14(2)6-3-7-19-14/h4-5,8,17H,3,6-7,9,15H2,1-2H3,(H,16,18). The molecule has 104 valence electrons. The number of hydrogen-bond donors (Lipinski definition) is 3. The Morgan fingerprint density at radius 1 is 1.53 bits per heavy atom. The largest absolute Gasteiger partial charge is 0.351 e. The average Bonchev–Trinajstić information content (AvgIpc) is 2.83. The summed E-state index contributed by atoms with van der Waals surface area (Å²) in [5.41, 5.74) is 5.04. The zero-order chi connectivity index (χ0) is 13.9. The first kappa shape index (κ1) is 14.2. The summed E-state index contributed by atoms with van der Waals surface area (Å²) in [6.07, 6.45) is 2.42. The lowest BCUT2D eigenvalue weighted by Crippen LogP contribution is -2.37. The summed E-state index contributed by atoms with van der Waals surface area (Å²) in [7, 11) is 0. The van der Waals surface area contributed by atoms with Gasteiger partial charge in [-0.25, -0.2) is 0 Å². The topological polar surface area (TPSA) is 67.1 Å². The molecule has 2 rings (SSSR count). The Labute approximate surface area is 118 Å². The molecule has 1 aliphatic heterocycles. The lowest BCUT2D eigenvalue weighted by molar-refractivity contribution is 0.0949. The number of nitrogen functional groups attached to an aromatic ring is 1. The first-order valence-corrected chi connectivity index (χ1v) is 7.52. The lowest BCUT2D eigenvalue weighted by Gasteiger charge is -2.23. The molecule has 19 heavy (non-hydrogen) atoms. The van der Waals surface area contributed by atoms with Crippen LogP contribution in [-0.4, -0.2) is 23.0 Å². The predicted molar refractivity (Wildman–Crippen MR) is 81.4 cm³/mol. The molecule has 1 fully saturated rings. The van der Waals surface area contributed by atoms with E-state index in [1.54, 1.807) is 0 Å². The number of carbonyl (C=O) groups excluding carboxylic acids is 1. The van der Waals surface area contributed by atoms with Gasteiger partial charge in [0, 0.05) is 22.5 Å². The van der Waals surface area contributed by atoms with Crippen molar-refractivity contribution in [1.82, 2.24) is 5.32 Å². The van der Waals surface area contributed by atoms with Gasteiger partial charge in [0.25, 0.3) is 5.91 Å². The SMILES string of the molecule is Cc1cc(NN)ccc1C(=O)NCC1(C)CCCS1. The van der Waals surface area contributed by atoms with Crippen LogP contribution in [0.15, 0.2) is 18.2 Å². The van der Waals surface area contributed by atoms with Crippen LogP contribution >= 0.6 is 11.8 Å². The molecule has 1 amide bonds. The Bertz CT molecular complexity index is 470. The predicted octanol–water partition coefficient (Wildman–Crippen LogP) is 2.30. The quantitative estimate of drug-likeness (QED) is 0.584. The highest BCUT2D eigenvalue weighted by atomic mass is 32.2. The Kier molecular flexibility index (Phi) is 4.37. The normalized spacial score (nSPS) is 22.3. The maximum atomic E-state index is 12.2. The number of carbonyl (C=O) groups is 1. The molecule has 0 spiro atoms. The molecule has 0 bridgehead atoms. The van der Waals surface area contributed by atoms with Crippen LogP contribution < -0.4 is 16.6 Å². The smallest absolute Gasteiger partial charge is 0.251 e. The van der Waals surface area contributed by atoms with Gasteiger partial charge in [0.2, 0.25) is 0 Å². The van der Waals surface area contributed by atoms with Crippen molar-refractivity contribution in [2.24, 2.45) is 5.84 Å². The molecule has 5 heteroatoms. The number of amides is 1. The molecule has 1 aromatic carbocycles. The van der Waals surface area contributed by atoms with Crippen molar-refractivity contribution in [1.29, 1.82) is 0 Å². The van der Waals surface area contributed by atoms with E-state index in [0.29, 0.717) is 5.56 Å². The number of nitrogens with two attached hydrogens (primary N) is 1. The molecule has 1 aliphatic rings. The fourth-order valence-electron chi connectivity index (χ4n) is 2.35. The second kappa shape index (κ2) is 5.84. The molecule has 1 saturated heterocycles. The summed E-state index contributed by atoms with van der Waals surface area (Å²) in [6.45, 7) is 4.87. The zero-order valence-corrected chi connectivity index (χ0v) is 12.3. The van der Waals surface area contributed by atoms with E-state index in [9.17, 15) is 4.79 Å². The third-order valence-corrected chi connectivity index (χ3v) is 5.10. The van der Waals surface area contributed by atoms with Crippen LogP contribution in [0.4, 0.5) is 5.69 Å². The van der Waals surface area contributed by atoms with Gasteiger partial charge in [-0.1, -0.05) is 0 Å². The highest BCUT2D eigenvalue weighted by Gasteiger charge is 2.29. The minimum Gasteiger partial charge on any atom is -0.351 e. The van der Waals surface area contributed by atoms with Crippen LogP contribution in [0.2, 0.25) is 0 Å². The number of hydrogen-bond acceptors (Lipinski definition) is 4. The number of rotatable bonds is 4. The van der Waals surface area contributed by atoms with Crippen LogP contribution in [-0.2, 0) is 0 Å². The highest BCUT2D eigenvalue weighted by molar-refractivity contribution is 8.00. The molecule has 4 nitrogen and oxygen atoms in total. The van der Waals surface area contributed by atoms with Crippen molar-refractivity contribution >= 4 is 23.4 Å². The fraction of sp³-hybridized carbons (Fsp3) is 0.500. The molecule has 0 saturated carbocycles. The van der Waals surface area contributed by atoms with Gasteiger partial charge < -0.3 is 10.7 Å². The molecule has 1 atom stereocenters. The summed E-state index contributed by atoms with van der Waals surface area (Å²) >= 11 is 1.95. The third kappa shape index (κ3) is 3.42. The highest BCUT2D eigenvalue weighted by Crippen LogP contribution is 2.37. The first-order valence-electron chi connectivity index (χ1n) is 6.53. The van der Waals surface area contributed by atoms with Gasteiger partial charge in [0.1, 0.15) is 0 Å². The monoisotopic (exact) mass is 279 g/mol. The zero-order valence-electron chi connectivity index (χ0n) is 11.5. The molecule has 0 radical (unpaired) electrons. The van der Waals surface area contributed by atoms with Crippen LogP contribution in [0.3, 0.4) is 0 Å². The van der Waals surface area contributed by atoms with Crippen LogP contribution in [0, 0.1) is 6.92 Å². The van der Waals surface area contributed by atoms with E-state index in [0.717, 1.165) is 17.8 Å². The minimum absolute atomic E-state index is 0.00482. The Morgan fingerprint density at radius 3 is 2.89 bits per heavy atom. The molecule has 0 aliphatic carbocycles. The molecular weight excluding hydrogens is 258 g/mol. The van der Waals surface area contributed by atoms with Crippen LogP contribution in [0.25, 0.3) is 0 Å². The van der Waals surface area contributed by atoms with Crippen molar-refractivity contribution in [2.75, 3.05) is 17.7 Å². The van der Waals surface area contributed by atoms with E-state index in [4.69, 9.17) is 5.84 Å². The van der Waals surface area contributed by atoms with Gasteiger partial charge >= 0.3 is 0 Å². The van der Waals surface area contributed by atoms with Crippen LogP contribution in [0.1, 0.15) is 35.7 Å². The molecule has 1 aromatic rings. The molecule has 0 aromatic heterocycles. The van der Waals surface area contributed by atoms with E-state index >= 15 is 0 Å². The molecule has 4 N–H and O–H groups in total. The van der Waals surface area contributed by atoms with Gasteiger partial charge in [-0.3, -0.25) is 10.6 Å². The van der Waals surface area contributed by atoms with E-state index in [1.165, 1.54) is 18.6 Å². The van der Waals surface area contributed by atoms with Crippen molar-refractivity contribution in [2.45, 2.75) is 31.4 Å². The van der Waals surface area contributed by atoms with Gasteiger partial charge in [0.15, 0.2) is 0 Å². The maximum absolute atomic E-state index is 12.2. The summed E-state index contributed by atoms with van der Waals surface area (Å²) in [5, 5.41) is 3.05. The van der Waals surface area contributed by atoms with E-state index in [-0.39, 0.29) is 10.7 Å². The van der Waals surface area contributed by atoms with Crippen molar-refractivity contribution < 1.29 is 4.79 Å². The summed E-state index contributed by atoms with van der Waals surface area (Å²) in [4.78, 5) is 12.2. The van der Waals surface area contributed by atoms with Gasteiger partial charge in [-0.15, -0.1) is 0 Å². The fourth-order valence-corrected chi connectivity index (χ4v) is 3.59. The second-order valence-corrected chi connectivity index (χ2v) is 6.94. The van der Waals surface area contributed by atoms with Crippen molar-refractivity contribution in [3.05, 3.63) is 29.3 Å². The van der Waals surface area contributed by atoms with E-state index in [2.05, 4.69) is 17.7 Å². The molecular formula is C14H21N3OS. The number of anilines is 1. The molecule has 1 unspecified atom stereocenters. The average molecular weight is 279 g/mol. The Balaban J connectivity index is 2.00. The summed E-state index contributed by atoms with van der Waals surface area (Å²) in [5.74, 6) is 6.54. The number of nitrogens with one attached hydrogen (secondary N) is 2. The number of aryl methyl sites for hydroxylation is 1. The van der Waals surface area contributed by atoms with Crippen molar-refractivity contribution in [3.8, 4) is 0 Å².